The highest BCUT2D eigenvalue weighted by atomic mass is 16.1. The summed E-state index contributed by atoms with van der Waals surface area (Å²) in [5.41, 5.74) is 2.27. The maximum atomic E-state index is 11.7. The molecule has 1 aromatic heterocycles. The molecule has 90 valence electrons. The molecule has 3 heteroatoms. The van der Waals surface area contributed by atoms with Crippen molar-refractivity contribution in [1.29, 1.82) is 0 Å². The number of aryl methyl sites for hydroxylation is 2. The van der Waals surface area contributed by atoms with Gasteiger partial charge in [-0.2, -0.15) is 0 Å². The highest BCUT2D eigenvalue weighted by Crippen LogP contribution is 2.06. The van der Waals surface area contributed by atoms with Crippen molar-refractivity contribution in [3.8, 4) is 0 Å². The first-order valence-corrected chi connectivity index (χ1v) is 5.90. The molecule has 0 spiro atoms. The monoisotopic (exact) mass is 222 g/mol. The standard InChI is InChI=1S/C13H22N2O/c1-10(2)7-8-14-13(16)9-15-11(3)5-6-12(15)4/h5-6,10H,7-9H2,1-4H3,(H,14,16). The summed E-state index contributed by atoms with van der Waals surface area (Å²) in [5.74, 6) is 0.735. The number of nitrogens with one attached hydrogen (secondary N) is 1. The normalized spacial score (nSPS) is 10.8. The zero-order valence-electron chi connectivity index (χ0n) is 10.7. The average Bonchev–Trinajstić information content (AvgIpc) is 2.49. The lowest BCUT2D eigenvalue weighted by molar-refractivity contribution is -0.121. The van der Waals surface area contributed by atoms with Crippen molar-refractivity contribution in [2.75, 3.05) is 6.54 Å². The Labute approximate surface area is 97.8 Å². The minimum absolute atomic E-state index is 0.100. The summed E-state index contributed by atoms with van der Waals surface area (Å²) in [6.45, 7) is 9.57. The molecule has 16 heavy (non-hydrogen) atoms. The topological polar surface area (TPSA) is 34.0 Å². The van der Waals surface area contributed by atoms with Crippen LogP contribution in [0.3, 0.4) is 0 Å². The van der Waals surface area contributed by atoms with E-state index in [1.54, 1.807) is 0 Å². The Kier molecular flexibility index (Phi) is 4.59. The third kappa shape index (κ3) is 3.72. The van der Waals surface area contributed by atoms with Gasteiger partial charge in [0.25, 0.3) is 0 Å². The fraction of sp³-hybridized carbons (Fsp3) is 0.615. The van der Waals surface area contributed by atoms with Crippen LogP contribution in [0.5, 0.6) is 0 Å². The van der Waals surface area contributed by atoms with Crippen LogP contribution in [0.4, 0.5) is 0 Å². The second-order valence-electron chi connectivity index (χ2n) is 4.73. The van der Waals surface area contributed by atoms with Gasteiger partial charge in [-0.1, -0.05) is 13.8 Å². The predicted molar refractivity (Wildman–Crippen MR) is 66.4 cm³/mol. The van der Waals surface area contributed by atoms with Crippen LogP contribution in [0.25, 0.3) is 0 Å². The SMILES string of the molecule is Cc1ccc(C)n1CC(=O)NCCC(C)C. The number of hydrogen-bond acceptors (Lipinski definition) is 1. The Morgan fingerprint density at radius 1 is 1.31 bits per heavy atom. The predicted octanol–water partition coefficient (Wildman–Crippen LogP) is 2.27. The Bertz CT molecular complexity index is 333. The molecule has 0 aliphatic carbocycles. The molecule has 3 nitrogen and oxygen atoms in total. The van der Waals surface area contributed by atoms with Crippen LogP contribution in [-0.4, -0.2) is 17.0 Å². The van der Waals surface area contributed by atoms with Gasteiger partial charge in [0, 0.05) is 17.9 Å². The van der Waals surface area contributed by atoms with E-state index in [-0.39, 0.29) is 5.91 Å². The molecule has 0 radical (unpaired) electrons. The molecule has 0 aliphatic rings. The summed E-state index contributed by atoms with van der Waals surface area (Å²) in [5, 5.41) is 2.95. The molecule has 0 unspecified atom stereocenters. The van der Waals surface area contributed by atoms with Crippen molar-refractivity contribution in [2.45, 2.75) is 40.7 Å². The Morgan fingerprint density at radius 3 is 2.38 bits per heavy atom. The lowest BCUT2D eigenvalue weighted by Gasteiger charge is -2.10. The van der Waals surface area contributed by atoms with Crippen LogP contribution >= 0.6 is 0 Å². The number of nitrogens with zero attached hydrogens (tertiary/aromatic N) is 1. The van der Waals surface area contributed by atoms with Crippen molar-refractivity contribution in [1.82, 2.24) is 9.88 Å². The van der Waals surface area contributed by atoms with E-state index < -0.39 is 0 Å². The second kappa shape index (κ2) is 5.73. The lowest BCUT2D eigenvalue weighted by Crippen LogP contribution is -2.29. The molecule has 0 bridgehead atoms. The fourth-order valence-electron chi connectivity index (χ4n) is 1.65. The third-order valence-corrected chi connectivity index (χ3v) is 2.76. The minimum atomic E-state index is 0.100. The Hall–Kier alpha value is -1.25. The largest absolute Gasteiger partial charge is 0.355 e. The van der Waals surface area contributed by atoms with Crippen LogP contribution in [0.15, 0.2) is 12.1 Å². The smallest absolute Gasteiger partial charge is 0.239 e. The molecule has 0 aliphatic heterocycles. The van der Waals surface area contributed by atoms with Crippen LogP contribution in [-0.2, 0) is 11.3 Å². The molecule has 1 amide bonds. The molecule has 1 heterocycles. The number of carbonyl (C=O) groups excluding carboxylic acids is 1. The van der Waals surface area contributed by atoms with E-state index in [0.717, 1.165) is 24.4 Å². The van der Waals surface area contributed by atoms with Gasteiger partial charge in [0.15, 0.2) is 0 Å². The molecular weight excluding hydrogens is 200 g/mol. The van der Waals surface area contributed by atoms with Crippen molar-refractivity contribution >= 4 is 5.91 Å². The number of carbonyl (C=O) groups is 1. The second-order valence-corrected chi connectivity index (χ2v) is 4.73. The molecule has 0 saturated heterocycles. The highest BCUT2D eigenvalue weighted by molar-refractivity contribution is 5.75. The van der Waals surface area contributed by atoms with E-state index in [1.807, 2.05) is 30.5 Å². The summed E-state index contributed by atoms with van der Waals surface area (Å²) in [4.78, 5) is 11.7. The first-order chi connectivity index (χ1) is 7.50. The maximum Gasteiger partial charge on any atom is 0.239 e. The number of rotatable bonds is 5. The first kappa shape index (κ1) is 12.8. The quantitative estimate of drug-likeness (QED) is 0.814. The van der Waals surface area contributed by atoms with Gasteiger partial charge in [0.1, 0.15) is 6.54 Å². The van der Waals surface area contributed by atoms with Crippen molar-refractivity contribution in [2.24, 2.45) is 5.92 Å². The van der Waals surface area contributed by atoms with E-state index in [9.17, 15) is 4.79 Å². The first-order valence-electron chi connectivity index (χ1n) is 5.90. The third-order valence-electron chi connectivity index (χ3n) is 2.76. The van der Waals surface area contributed by atoms with Gasteiger partial charge in [-0.05, 0) is 38.3 Å². The minimum Gasteiger partial charge on any atom is -0.355 e. The summed E-state index contributed by atoms with van der Waals surface area (Å²) in [6, 6.07) is 4.08. The van der Waals surface area contributed by atoms with Gasteiger partial charge in [0.2, 0.25) is 5.91 Å². The van der Waals surface area contributed by atoms with Gasteiger partial charge in [-0.3, -0.25) is 4.79 Å². The summed E-state index contributed by atoms with van der Waals surface area (Å²) >= 11 is 0. The highest BCUT2D eigenvalue weighted by Gasteiger charge is 2.06. The lowest BCUT2D eigenvalue weighted by atomic mass is 10.1. The number of amides is 1. The van der Waals surface area contributed by atoms with E-state index in [0.29, 0.717) is 12.5 Å². The van der Waals surface area contributed by atoms with Crippen molar-refractivity contribution in [3.63, 3.8) is 0 Å². The Balaban J connectivity index is 2.40. The van der Waals surface area contributed by atoms with E-state index >= 15 is 0 Å². The molecule has 1 N–H and O–H groups in total. The number of aromatic nitrogens is 1. The van der Waals surface area contributed by atoms with E-state index in [1.165, 1.54) is 0 Å². The molecule has 1 aromatic rings. The van der Waals surface area contributed by atoms with Crippen molar-refractivity contribution in [3.05, 3.63) is 23.5 Å². The molecule has 1 rings (SSSR count). The molecule has 0 aromatic carbocycles. The van der Waals surface area contributed by atoms with Gasteiger partial charge in [-0.25, -0.2) is 0 Å². The van der Waals surface area contributed by atoms with Gasteiger partial charge < -0.3 is 9.88 Å². The summed E-state index contributed by atoms with van der Waals surface area (Å²) in [7, 11) is 0. The van der Waals surface area contributed by atoms with Gasteiger partial charge in [-0.15, -0.1) is 0 Å². The summed E-state index contributed by atoms with van der Waals surface area (Å²) < 4.78 is 2.03. The van der Waals surface area contributed by atoms with Crippen LogP contribution in [0.1, 0.15) is 31.7 Å². The summed E-state index contributed by atoms with van der Waals surface area (Å²) in [6.07, 6.45) is 1.04. The van der Waals surface area contributed by atoms with Crippen LogP contribution in [0.2, 0.25) is 0 Å². The van der Waals surface area contributed by atoms with E-state index in [4.69, 9.17) is 0 Å². The molecule has 0 atom stereocenters. The zero-order chi connectivity index (χ0) is 12.1. The average molecular weight is 222 g/mol. The fourth-order valence-corrected chi connectivity index (χ4v) is 1.65. The molecule has 0 fully saturated rings. The molecular formula is C13H22N2O. The van der Waals surface area contributed by atoms with Gasteiger partial charge in [0.05, 0.1) is 0 Å². The zero-order valence-corrected chi connectivity index (χ0v) is 10.7. The van der Waals surface area contributed by atoms with Crippen LogP contribution < -0.4 is 5.32 Å². The van der Waals surface area contributed by atoms with Crippen molar-refractivity contribution < 1.29 is 4.79 Å². The maximum absolute atomic E-state index is 11.7. The van der Waals surface area contributed by atoms with E-state index in [2.05, 4.69) is 19.2 Å². The van der Waals surface area contributed by atoms with Gasteiger partial charge >= 0.3 is 0 Å². The van der Waals surface area contributed by atoms with Crippen LogP contribution in [0, 0.1) is 19.8 Å². The Morgan fingerprint density at radius 2 is 1.88 bits per heavy atom. The number of hydrogen-bond donors (Lipinski definition) is 1. The molecule has 0 saturated carbocycles.